The number of nitrogens with zero attached hydrogens (tertiary/aromatic N) is 3. The second kappa shape index (κ2) is 5.96. The molecule has 0 unspecified atom stereocenters. The number of piperidine rings is 1. The number of hydrogen-bond acceptors (Lipinski definition) is 5. The molecule has 132 valence electrons. The van der Waals surface area contributed by atoms with E-state index in [4.69, 9.17) is 4.74 Å². The van der Waals surface area contributed by atoms with Gasteiger partial charge in [-0.15, -0.1) is 0 Å². The van der Waals surface area contributed by atoms with Gasteiger partial charge in [-0.3, -0.25) is 9.78 Å². The number of sulfonamides is 1. The minimum Gasteiger partial charge on any atom is -0.495 e. The lowest BCUT2D eigenvalue weighted by atomic mass is 9.84. The van der Waals surface area contributed by atoms with Gasteiger partial charge in [-0.1, -0.05) is 6.07 Å². The van der Waals surface area contributed by atoms with Crippen molar-refractivity contribution in [1.82, 2.24) is 13.9 Å². The molecule has 7 nitrogen and oxygen atoms in total. The fourth-order valence-electron chi connectivity index (χ4n) is 3.85. The van der Waals surface area contributed by atoms with Gasteiger partial charge >= 0.3 is 0 Å². The summed E-state index contributed by atoms with van der Waals surface area (Å²) in [4.78, 5) is 16.2. The number of methoxy groups -OCH3 is 1. The maximum Gasteiger partial charge on any atom is 0.250 e. The summed E-state index contributed by atoms with van der Waals surface area (Å²) >= 11 is 0. The summed E-state index contributed by atoms with van der Waals surface area (Å²) < 4.78 is 34.4. The number of hydrogen-bond donors (Lipinski definition) is 0. The number of pyridine rings is 2. The van der Waals surface area contributed by atoms with Crippen LogP contribution in [0.4, 0.5) is 0 Å². The molecule has 0 aromatic carbocycles. The van der Waals surface area contributed by atoms with Crippen LogP contribution in [-0.2, 0) is 16.6 Å². The molecule has 2 aromatic heterocycles. The van der Waals surface area contributed by atoms with Crippen LogP contribution in [-0.4, -0.2) is 42.5 Å². The third-order valence-electron chi connectivity index (χ3n) is 5.01. The van der Waals surface area contributed by atoms with Gasteiger partial charge in [0.25, 0.3) is 5.56 Å². The third kappa shape index (κ3) is 2.75. The summed E-state index contributed by atoms with van der Waals surface area (Å²) in [7, 11) is -2.17. The molecule has 4 rings (SSSR count). The number of rotatable bonds is 3. The predicted molar refractivity (Wildman–Crippen MR) is 91.1 cm³/mol. The van der Waals surface area contributed by atoms with Gasteiger partial charge in [-0.25, -0.2) is 8.42 Å². The van der Waals surface area contributed by atoms with Crippen molar-refractivity contribution in [1.29, 1.82) is 0 Å². The zero-order chi connectivity index (χ0) is 17.6. The zero-order valence-corrected chi connectivity index (χ0v) is 14.6. The van der Waals surface area contributed by atoms with E-state index < -0.39 is 10.0 Å². The van der Waals surface area contributed by atoms with Crippen molar-refractivity contribution in [2.24, 2.45) is 5.92 Å². The van der Waals surface area contributed by atoms with Crippen LogP contribution in [0.2, 0.25) is 0 Å². The largest absolute Gasteiger partial charge is 0.495 e. The van der Waals surface area contributed by atoms with Crippen LogP contribution in [0.3, 0.4) is 0 Å². The zero-order valence-electron chi connectivity index (χ0n) is 13.8. The normalized spacial score (nSPS) is 23.1. The molecule has 0 spiro atoms. The lowest BCUT2D eigenvalue weighted by Crippen LogP contribution is -2.49. The van der Waals surface area contributed by atoms with Crippen molar-refractivity contribution < 1.29 is 13.2 Å². The van der Waals surface area contributed by atoms with Crippen molar-refractivity contribution in [2.45, 2.75) is 23.8 Å². The van der Waals surface area contributed by atoms with E-state index in [2.05, 4.69) is 4.98 Å². The number of aromatic nitrogens is 2. The second-order valence-corrected chi connectivity index (χ2v) is 8.52. The minimum atomic E-state index is -3.65. The topological polar surface area (TPSA) is 81.5 Å². The fourth-order valence-corrected chi connectivity index (χ4v) is 5.39. The highest BCUT2D eigenvalue weighted by molar-refractivity contribution is 7.89. The maximum absolute atomic E-state index is 13.0. The molecule has 8 heteroatoms. The van der Waals surface area contributed by atoms with Crippen molar-refractivity contribution in [3.05, 3.63) is 52.7 Å². The molecular weight excluding hydrogens is 342 g/mol. The molecule has 25 heavy (non-hydrogen) atoms. The summed E-state index contributed by atoms with van der Waals surface area (Å²) in [6.07, 6.45) is 3.74. The highest BCUT2D eigenvalue weighted by atomic mass is 32.2. The van der Waals surface area contributed by atoms with Gasteiger partial charge in [0, 0.05) is 49.6 Å². The Labute approximate surface area is 145 Å². The number of ether oxygens (including phenoxy) is 1. The lowest BCUT2D eigenvalue weighted by Gasteiger charge is -2.42. The van der Waals surface area contributed by atoms with Crippen LogP contribution in [0.15, 0.2) is 46.3 Å². The fraction of sp³-hybridized carbons (Fsp3) is 0.412. The van der Waals surface area contributed by atoms with Gasteiger partial charge in [-0.2, -0.15) is 4.31 Å². The van der Waals surface area contributed by atoms with Gasteiger partial charge < -0.3 is 9.30 Å². The Morgan fingerprint density at radius 3 is 2.84 bits per heavy atom. The van der Waals surface area contributed by atoms with Crippen LogP contribution in [0.25, 0.3) is 0 Å². The van der Waals surface area contributed by atoms with Crippen LogP contribution >= 0.6 is 0 Å². The first-order chi connectivity index (χ1) is 12.0. The quantitative estimate of drug-likeness (QED) is 0.816. The van der Waals surface area contributed by atoms with Gasteiger partial charge in [0.1, 0.15) is 10.6 Å². The summed E-state index contributed by atoms with van der Waals surface area (Å²) in [6.45, 7) is 1.35. The Morgan fingerprint density at radius 2 is 2.04 bits per heavy atom. The van der Waals surface area contributed by atoms with Crippen LogP contribution in [0, 0.1) is 5.92 Å². The first-order valence-electron chi connectivity index (χ1n) is 8.18. The maximum atomic E-state index is 13.0. The summed E-state index contributed by atoms with van der Waals surface area (Å²) in [5, 5.41) is 0. The van der Waals surface area contributed by atoms with E-state index in [0.29, 0.717) is 25.4 Å². The summed E-state index contributed by atoms with van der Waals surface area (Å²) in [5.74, 6) is 0.588. The molecule has 2 aliphatic heterocycles. The highest BCUT2D eigenvalue weighted by Crippen LogP contribution is 2.37. The lowest BCUT2D eigenvalue weighted by molar-refractivity contribution is 0.186. The minimum absolute atomic E-state index is 0.0134. The standard InChI is InChI=1S/C17H19N3O4S/c1-24-14-6-15(8-18-7-14)25(22,23)19-9-12-5-13(11-19)16-3-2-4-17(21)20(16)10-12/h2-4,6-8,12-13H,5,9-11H2,1H3/t12-,13+/m0/s1. The van der Waals surface area contributed by atoms with E-state index in [0.717, 1.165) is 12.1 Å². The Kier molecular flexibility index (Phi) is 3.88. The molecule has 4 heterocycles. The van der Waals surface area contributed by atoms with Crippen molar-refractivity contribution in [3.8, 4) is 5.75 Å². The van der Waals surface area contributed by atoms with E-state index in [9.17, 15) is 13.2 Å². The van der Waals surface area contributed by atoms with Gasteiger partial charge in [0.2, 0.25) is 10.0 Å². The summed E-state index contributed by atoms with van der Waals surface area (Å²) in [5.41, 5.74) is 0.910. The average molecular weight is 361 g/mol. The van der Waals surface area contributed by atoms with E-state index in [1.54, 1.807) is 16.7 Å². The average Bonchev–Trinajstić information content (AvgIpc) is 2.62. The molecule has 2 aromatic rings. The molecule has 0 radical (unpaired) electrons. The van der Waals surface area contributed by atoms with E-state index in [-0.39, 0.29) is 22.3 Å². The van der Waals surface area contributed by atoms with Crippen LogP contribution in [0.1, 0.15) is 18.0 Å². The van der Waals surface area contributed by atoms with Crippen molar-refractivity contribution in [2.75, 3.05) is 20.2 Å². The van der Waals surface area contributed by atoms with E-state index in [1.165, 1.54) is 29.9 Å². The molecule has 2 bridgehead atoms. The van der Waals surface area contributed by atoms with Gasteiger partial charge in [0.15, 0.2) is 0 Å². The molecule has 1 fully saturated rings. The molecule has 0 saturated carbocycles. The van der Waals surface area contributed by atoms with Crippen LogP contribution < -0.4 is 10.3 Å². The summed E-state index contributed by atoms with van der Waals surface area (Å²) in [6, 6.07) is 6.71. The Morgan fingerprint density at radius 1 is 1.20 bits per heavy atom. The van der Waals surface area contributed by atoms with Gasteiger partial charge in [0.05, 0.1) is 13.3 Å². The van der Waals surface area contributed by atoms with Crippen molar-refractivity contribution >= 4 is 10.0 Å². The Hall–Kier alpha value is -2.19. The molecule has 2 aliphatic rings. The second-order valence-electron chi connectivity index (χ2n) is 6.58. The van der Waals surface area contributed by atoms with Crippen molar-refractivity contribution in [3.63, 3.8) is 0 Å². The highest BCUT2D eigenvalue weighted by Gasteiger charge is 2.39. The first kappa shape index (κ1) is 16.3. The predicted octanol–water partition coefficient (Wildman–Crippen LogP) is 1.06. The third-order valence-corrected chi connectivity index (χ3v) is 6.80. The molecule has 0 aliphatic carbocycles. The molecule has 1 saturated heterocycles. The molecular formula is C17H19N3O4S. The van der Waals surface area contributed by atoms with Gasteiger partial charge in [-0.05, 0) is 18.4 Å². The Bertz CT molecular complexity index is 970. The van der Waals surface area contributed by atoms with E-state index in [1.807, 2.05) is 6.07 Å². The molecule has 0 amide bonds. The smallest absolute Gasteiger partial charge is 0.250 e. The molecule has 0 N–H and O–H groups in total. The van der Waals surface area contributed by atoms with Crippen LogP contribution in [0.5, 0.6) is 5.75 Å². The first-order valence-corrected chi connectivity index (χ1v) is 9.62. The number of fused-ring (bicyclic) bond motifs is 4. The SMILES string of the molecule is COc1cncc(S(=O)(=O)N2C[C@@H]3C[C@H](C2)c2cccc(=O)n2C3)c1. The van der Waals surface area contributed by atoms with E-state index >= 15 is 0 Å². The molecule has 2 atom stereocenters. The Balaban J connectivity index is 1.68. The monoisotopic (exact) mass is 361 g/mol.